The first-order valence-corrected chi connectivity index (χ1v) is 15.4. The molecule has 1 aromatic heterocycles. The molecule has 0 aliphatic carbocycles. The molecule has 232 valence electrons. The lowest BCUT2D eigenvalue weighted by Crippen LogP contribution is -2.46. The number of nitrogens with zero attached hydrogens (tertiary/aromatic N) is 6. The topological polar surface area (TPSA) is 140 Å². The van der Waals surface area contributed by atoms with E-state index in [1.165, 1.54) is 28.7 Å². The summed E-state index contributed by atoms with van der Waals surface area (Å²) < 4.78 is 32.9. The standard InChI is InChI=1S/C29H33F2N9O3S/c1-18(13-32)14-34-19-6-10-38(11-7-19)25(41)17-39-16-23(36-28(42)22-15-35-40-9-3-8-33-27(22)40)26(37-39)21-12-20(44-2)4-5-24(21)43-29(30)31/h3-5,8-9,12,16,18-19,29,34-35H,6-7,10-11,14-15,17H2,1-2H3,(H,36,42). The molecule has 1 aromatic carbocycles. The van der Waals surface area contributed by atoms with Crippen molar-refractivity contribution in [3.05, 3.63) is 48.1 Å². The molecule has 12 nitrogen and oxygen atoms in total. The van der Waals surface area contributed by atoms with Crippen molar-refractivity contribution in [1.82, 2.24) is 30.4 Å². The predicted octanol–water partition coefficient (Wildman–Crippen LogP) is 3.18. The van der Waals surface area contributed by atoms with E-state index in [2.05, 4.69) is 32.2 Å². The number of nitrogens with one attached hydrogen (secondary N) is 3. The zero-order valence-corrected chi connectivity index (χ0v) is 25.1. The average Bonchev–Trinajstić information content (AvgIpc) is 3.64. The molecule has 3 N–H and O–H groups in total. The van der Waals surface area contributed by atoms with E-state index in [1.807, 2.05) is 13.2 Å². The molecular formula is C29H33F2N9O3S. The van der Waals surface area contributed by atoms with Gasteiger partial charge in [0.05, 0.1) is 23.2 Å². The molecular weight excluding hydrogens is 592 g/mol. The van der Waals surface area contributed by atoms with Crippen molar-refractivity contribution < 1.29 is 23.1 Å². The maximum absolute atomic E-state index is 13.4. The fourth-order valence-electron chi connectivity index (χ4n) is 5.12. The third-order valence-corrected chi connectivity index (χ3v) is 8.19. The minimum absolute atomic E-state index is 0.0883. The number of likely N-dealkylation sites (tertiary alicyclic amines) is 1. The number of hydrogen-bond donors (Lipinski definition) is 3. The third-order valence-electron chi connectivity index (χ3n) is 7.46. The lowest BCUT2D eigenvalue weighted by molar-refractivity contribution is -0.133. The summed E-state index contributed by atoms with van der Waals surface area (Å²) in [6.45, 7) is 0.600. The second kappa shape index (κ2) is 14.0. The quantitative estimate of drug-likeness (QED) is 0.321. The molecule has 44 heavy (non-hydrogen) atoms. The number of carbonyl (C=O) groups is 2. The van der Waals surface area contributed by atoms with Crippen LogP contribution in [-0.2, 0) is 16.1 Å². The van der Waals surface area contributed by atoms with E-state index < -0.39 is 12.5 Å². The maximum Gasteiger partial charge on any atom is 0.387 e. The molecule has 1 saturated heterocycles. The van der Waals surface area contributed by atoms with Crippen molar-refractivity contribution in [3.8, 4) is 23.1 Å². The Hall–Kier alpha value is -4.26. The van der Waals surface area contributed by atoms with Gasteiger partial charge < -0.3 is 20.3 Å². The Morgan fingerprint density at radius 2 is 2.09 bits per heavy atom. The molecule has 5 rings (SSSR count). The number of ether oxygens (including phenoxy) is 1. The number of allylic oxidation sites excluding steroid dienone is 1. The molecule has 1 atom stereocenters. The van der Waals surface area contributed by atoms with Crippen LogP contribution in [0.1, 0.15) is 19.8 Å². The molecule has 0 spiro atoms. The van der Waals surface area contributed by atoms with Gasteiger partial charge in [-0.05, 0) is 50.3 Å². The summed E-state index contributed by atoms with van der Waals surface area (Å²) >= 11 is 1.41. The highest BCUT2D eigenvalue weighted by molar-refractivity contribution is 7.98. The number of anilines is 1. The summed E-state index contributed by atoms with van der Waals surface area (Å²) in [6.07, 6.45) is 9.93. The van der Waals surface area contributed by atoms with Crippen LogP contribution >= 0.6 is 11.8 Å². The number of hydrogen-bond acceptors (Lipinski definition) is 10. The maximum atomic E-state index is 13.4. The number of hydrazine groups is 1. The molecule has 4 heterocycles. The third kappa shape index (κ3) is 7.26. The van der Waals surface area contributed by atoms with Gasteiger partial charge in [0.15, 0.2) is 5.82 Å². The molecule has 0 bridgehead atoms. The number of aromatic nitrogens is 2. The summed E-state index contributed by atoms with van der Waals surface area (Å²) in [5.41, 5.74) is 4.10. The molecule has 2 aromatic rings. The summed E-state index contributed by atoms with van der Waals surface area (Å²) in [7, 11) is 0. The number of nitriles is 1. The molecule has 2 amide bonds. The number of fused-ring (bicyclic) bond motifs is 1. The number of alkyl halides is 2. The van der Waals surface area contributed by atoms with Gasteiger partial charge >= 0.3 is 6.61 Å². The zero-order chi connectivity index (χ0) is 31.2. The first-order valence-electron chi connectivity index (χ1n) is 14.1. The second-order valence-electron chi connectivity index (χ2n) is 10.5. The van der Waals surface area contributed by atoms with Crippen LogP contribution in [0.25, 0.3) is 11.3 Å². The number of aliphatic imine (C=N–C) groups is 1. The van der Waals surface area contributed by atoms with Gasteiger partial charge in [0.1, 0.15) is 18.0 Å². The van der Waals surface area contributed by atoms with Crippen LogP contribution in [0.5, 0.6) is 5.75 Å². The SMILES string of the molecule is CSc1ccc(OC(F)F)c(-c2nn(CC(=O)N3CCC(NCC(C)C#N)CC3)cc2NC(=O)C2=C3N=CC=CN3NC2)c1. The van der Waals surface area contributed by atoms with Crippen LogP contribution < -0.4 is 20.8 Å². The predicted molar refractivity (Wildman–Crippen MR) is 162 cm³/mol. The fraction of sp³-hybridized carbons (Fsp3) is 0.414. The van der Waals surface area contributed by atoms with Gasteiger partial charge in [-0.25, -0.2) is 10.4 Å². The summed E-state index contributed by atoms with van der Waals surface area (Å²) in [5, 5.41) is 21.5. The van der Waals surface area contributed by atoms with Gasteiger partial charge in [-0.1, -0.05) is 0 Å². The lowest BCUT2D eigenvalue weighted by Gasteiger charge is -2.32. The smallest absolute Gasteiger partial charge is 0.387 e. The van der Waals surface area contributed by atoms with Crippen molar-refractivity contribution in [1.29, 1.82) is 5.26 Å². The minimum Gasteiger partial charge on any atom is -0.434 e. The highest BCUT2D eigenvalue weighted by atomic mass is 32.2. The summed E-state index contributed by atoms with van der Waals surface area (Å²) in [5.74, 6) is -0.364. The lowest BCUT2D eigenvalue weighted by atomic mass is 10.0. The number of halogens is 2. The summed E-state index contributed by atoms with van der Waals surface area (Å²) in [4.78, 5) is 33.5. The summed E-state index contributed by atoms with van der Waals surface area (Å²) in [6, 6.07) is 7.19. The second-order valence-corrected chi connectivity index (χ2v) is 11.4. The molecule has 0 radical (unpaired) electrons. The van der Waals surface area contributed by atoms with Crippen LogP contribution in [-0.4, -0.2) is 82.8 Å². The van der Waals surface area contributed by atoms with Gasteiger partial charge in [-0.15, -0.1) is 11.8 Å². The van der Waals surface area contributed by atoms with Crippen molar-refractivity contribution >= 4 is 35.5 Å². The first-order chi connectivity index (χ1) is 21.2. The van der Waals surface area contributed by atoms with E-state index in [4.69, 9.17) is 10.00 Å². The Labute approximate surface area is 257 Å². The van der Waals surface area contributed by atoms with Crippen LogP contribution in [0.15, 0.2) is 58.0 Å². The van der Waals surface area contributed by atoms with Crippen molar-refractivity contribution in [2.45, 2.75) is 43.9 Å². The average molecular weight is 626 g/mol. The molecule has 0 saturated carbocycles. The van der Waals surface area contributed by atoms with Crippen molar-refractivity contribution in [3.63, 3.8) is 0 Å². The highest BCUT2D eigenvalue weighted by Crippen LogP contribution is 2.38. The zero-order valence-electron chi connectivity index (χ0n) is 24.3. The number of amides is 2. The van der Waals surface area contributed by atoms with Gasteiger partial charge in [-0.2, -0.15) is 19.1 Å². The van der Waals surface area contributed by atoms with Crippen LogP contribution in [0.2, 0.25) is 0 Å². The highest BCUT2D eigenvalue weighted by Gasteiger charge is 2.29. The molecule has 1 unspecified atom stereocenters. The normalized spacial score (nSPS) is 17.2. The minimum atomic E-state index is -3.07. The van der Waals surface area contributed by atoms with Gasteiger partial charge in [0, 0.05) is 61.3 Å². The number of thioether (sulfide) groups is 1. The number of benzene rings is 1. The Morgan fingerprint density at radius 3 is 2.82 bits per heavy atom. The van der Waals surface area contributed by atoms with Gasteiger partial charge in [-0.3, -0.25) is 19.3 Å². The fourth-order valence-corrected chi connectivity index (χ4v) is 5.56. The van der Waals surface area contributed by atoms with Crippen LogP contribution in [0.3, 0.4) is 0 Å². The van der Waals surface area contributed by atoms with E-state index in [-0.39, 0.29) is 53.7 Å². The van der Waals surface area contributed by atoms with E-state index in [0.717, 1.165) is 17.7 Å². The van der Waals surface area contributed by atoms with Crippen molar-refractivity contribution in [2.75, 3.05) is 37.8 Å². The van der Waals surface area contributed by atoms with Crippen LogP contribution in [0.4, 0.5) is 14.5 Å². The molecule has 3 aliphatic heterocycles. The van der Waals surface area contributed by atoms with Gasteiger partial charge in [0.25, 0.3) is 5.91 Å². The number of carbonyl (C=O) groups excluding carboxylic acids is 2. The Bertz CT molecular complexity index is 1530. The van der Waals surface area contributed by atoms with Gasteiger partial charge in [0.2, 0.25) is 5.91 Å². The van der Waals surface area contributed by atoms with E-state index in [1.54, 1.807) is 40.5 Å². The molecule has 1 fully saturated rings. The Balaban J connectivity index is 1.39. The number of rotatable bonds is 11. The van der Waals surface area contributed by atoms with Crippen LogP contribution in [0, 0.1) is 17.2 Å². The van der Waals surface area contributed by atoms with E-state index in [9.17, 15) is 18.4 Å². The van der Waals surface area contributed by atoms with E-state index >= 15 is 0 Å². The Morgan fingerprint density at radius 1 is 1.30 bits per heavy atom. The molecule has 3 aliphatic rings. The van der Waals surface area contributed by atoms with E-state index in [0.29, 0.717) is 31.0 Å². The van der Waals surface area contributed by atoms with Crippen molar-refractivity contribution in [2.24, 2.45) is 10.9 Å². The first kappa shape index (κ1) is 31.2. The molecule has 15 heteroatoms. The Kier molecular flexibility index (Phi) is 9.93. The monoisotopic (exact) mass is 625 g/mol. The number of piperidine rings is 1. The largest absolute Gasteiger partial charge is 0.434 e.